The van der Waals surface area contributed by atoms with Crippen LogP contribution >= 0.6 is 12.6 Å². The maximum Gasteiger partial charge on any atom is 0.256 e. The minimum absolute atomic E-state index is 0.0249. The summed E-state index contributed by atoms with van der Waals surface area (Å²) >= 11 is 4.29. The van der Waals surface area contributed by atoms with Crippen molar-refractivity contribution in [3.8, 4) is 0 Å². The molecular formula is C29H43N7O4S. The molecule has 1 aromatic heterocycles. The summed E-state index contributed by atoms with van der Waals surface area (Å²) in [4.78, 5) is 59.2. The number of para-hydroxylation sites is 1. The average molecular weight is 586 g/mol. The number of unbranched alkanes of at least 4 members (excludes halogenated alkanes) is 1. The summed E-state index contributed by atoms with van der Waals surface area (Å²) in [5.74, 6) is -1.47. The van der Waals surface area contributed by atoms with Crippen LogP contribution in [-0.2, 0) is 20.8 Å². The zero-order chi connectivity index (χ0) is 29.8. The highest BCUT2D eigenvalue weighted by Crippen LogP contribution is 2.24. The molecule has 1 aromatic carbocycles. The highest BCUT2D eigenvalue weighted by molar-refractivity contribution is 7.80. The second kappa shape index (κ2) is 16.3. The van der Waals surface area contributed by atoms with Gasteiger partial charge in [0.15, 0.2) is 0 Å². The van der Waals surface area contributed by atoms with Gasteiger partial charge in [-0.15, -0.1) is 0 Å². The van der Waals surface area contributed by atoms with Gasteiger partial charge < -0.3 is 32.3 Å². The monoisotopic (exact) mass is 585 g/mol. The highest BCUT2D eigenvalue weighted by Gasteiger charge is 2.37. The third kappa shape index (κ3) is 8.64. The Morgan fingerprint density at radius 2 is 1.80 bits per heavy atom. The van der Waals surface area contributed by atoms with Gasteiger partial charge in [-0.25, -0.2) is 0 Å². The van der Waals surface area contributed by atoms with Gasteiger partial charge in [-0.05, 0) is 70.2 Å². The number of carbonyl (C=O) groups excluding carboxylic acids is 4. The Labute approximate surface area is 247 Å². The first-order chi connectivity index (χ1) is 19.8. The van der Waals surface area contributed by atoms with Crippen molar-refractivity contribution < 1.29 is 19.2 Å². The maximum atomic E-state index is 13.7. The molecule has 0 saturated carbocycles. The standard InChI is InChI=1S/C29H43N7O4S/c1-2-21-20(17-19-9-3-4-10-22(19)33-21)29(40)36-16-7-12-25(36)28(39)35-24(18-41)27(38)34-23(11-5-6-13-30)26(37)32-15-8-14-31/h3-4,9-10,17,23-25,41H,2,5-8,11-16,18,30-31H2,1H3,(H,32,37)(H,34,38)(H,35,39)/t23-,24?,25-/m0/s1. The molecule has 3 rings (SSSR count). The Bertz CT molecular complexity index is 1210. The van der Waals surface area contributed by atoms with Crippen LogP contribution < -0.4 is 27.4 Å². The van der Waals surface area contributed by atoms with Crippen molar-refractivity contribution >= 4 is 47.2 Å². The van der Waals surface area contributed by atoms with Gasteiger partial charge in [0, 0.05) is 24.2 Å². The van der Waals surface area contributed by atoms with Gasteiger partial charge in [0.2, 0.25) is 17.7 Å². The van der Waals surface area contributed by atoms with Crippen LogP contribution in [0.5, 0.6) is 0 Å². The Balaban J connectivity index is 1.70. The van der Waals surface area contributed by atoms with Gasteiger partial charge in [-0.2, -0.15) is 12.6 Å². The zero-order valence-electron chi connectivity index (χ0n) is 23.7. The van der Waals surface area contributed by atoms with Gasteiger partial charge in [0.1, 0.15) is 18.1 Å². The summed E-state index contributed by atoms with van der Waals surface area (Å²) in [6, 6.07) is 6.97. The molecule has 2 heterocycles. The fourth-order valence-corrected chi connectivity index (χ4v) is 5.24. The van der Waals surface area contributed by atoms with E-state index in [9.17, 15) is 19.2 Å². The first-order valence-corrected chi connectivity index (χ1v) is 15.1. The van der Waals surface area contributed by atoms with Crippen LogP contribution in [0.2, 0.25) is 0 Å². The van der Waals surface area contributed by atoms with Gasteiger partial charge in [0.25, 0.3) is 5.91 Å². The number of amides is 4. The Morgan fingerprint density at radius 3 is 2.51 bits per heavy atom. The Hall–Kier alpha value is -3.22. The summed E-state index contributed by atoms with van der Waals surface area (Å²) in [5.41, 5.74) is 13.1. The molecule has 0 radical (unpaired) electrons. The maximum absolute atomic E-state index is 13.7. The van der Waals surface area contributed by atoms with Crippen LogP contribution in [0.1, 0.15) is 61.5 Å². The molecule has 1 unspecified atom stereocenters. The number of rotatable bonds is 15. The summed E-state index contributed by atoms with van der Waals surface area (Å²) < 4.78 is 0. The van der Waals surface area contributed by atoms with Crippen molar-refractivity contribution in [3.63, 3.8) is 0 Å². The van der Waals surface area contributed by atoms with Crippen LogP contribution in [0.3, 0.4) is 0 Å². The van der Waals surface area contributed by atoms with E-state index in [1.54, 1.807) is 4.90 Å². The van der Waals surface area contributed by atoms with Crippen molar-refractivity contribution in [1.29, 1.82) is 0 Å². The number of pyridine rings is 1. The van der Waals surface area contributed by atoms with E-state index in [1.165, 1.54) is 0 Å². The SMILES string of the molecule is CCc1nc2ccccc2cc1C(=O)N1CCC[C@H]1C(=O)NC(CS)C(=O)N[C@@H](CCCCN)C(=O)NCCCN. The van der Waals surface area contributed by atoms with Crippen molar-refractivity contribution in [3.05, 3.63) is 41.6 Å². The second-order valence-electron chi connectivity index (χ2n) is 10.2. The molecule has 1 saturated heterocycles. The molecule has 2 aromatic rings. The van der Waals surface area contributed by atoms with E-state index < -0.39 is 29.9 Å². The number of likely N-dealkylation sites (tertiary alicyclic amines) is 1. The molecule has 4 amide bonds. The average Bonchev–Trinajstić information content (AvgIpc) is 3.48. The molecule has 12 heteroatoms. The van der Waals surface area contributed by atoms with E-state index in [1.807, 2.05) is 37.3 Å². The van der Waals surface area contributed by atoms with Crippen molar-refractivity contribution in [2.75, 3.05) is 31.9 Å². The third-order valence-corrected chi connectivity index (χ3v) is 7.63. The van der Waals surface area contributed by atoms with Crippen LogP contribution in [0.15, 0.2) is 30.3 Å². The highest BCUT2D eigenvalue weighted by atomic mass is 32.1. The van der Waals surface area contributed by atoms with Crippen molar-refractivity contribution in [2.24, 2.45) is 11.5 Å². The molecule has 0 aliphatic carbocycles. The number of benzene rings is 1. The number of hydrogen-bond acceptors (Lipinski definition) is 8. The lowest BCUT2D eigenvalue weighted by Crippen LogP contribution is -2.57. The molecule has 41 heavy (non-hydrogen) atoms. The molecule has 0 bridgehead atoms. The molecule has 1 aliphatic heterocycles. The predicted molar refractivity (Wildman–Crippen MR) is 162 cm³/mol. The van der Waals surface area contributed by atoms with E-state index in [2.05, 4.69) is 33.6 Å². The number of aromatic nitrogens is 1. The fourth-order valence-electron chi connectivity index (χ4n) is 4.98. The number of hydrogen-bond donors (Lipinski definition) is 6. The van der Waals surface area contributed by atoms with Crippen LogP contribution in [-0.4, -0.2) is 83.6 Å². The Kier molecular flexibility index (Phi) is 12.8. The number of nitrogens with one attached hydrogen (secondary N) is 3. The minimum atomic E-state index is -0.981. The molecule has 1 aliphatic rings. The first-order valence-electron chi connectivity index (χ1n) is 14.4. The minimum Gasteiger partial charge on any atom is -0.354 e. The first kappa shape index (κ1) is 32.3. The smallest absolute Gasteiger partial charge is 0.256 e. The topological polar surface area (TPSA) is 173 Å². The lowest BCUT2D eigenvalue weighted by molar-refractivity contribution is -0.132. The zero-order valence-corrected chi connectivity index (χ0v) is 24.6. The number of thiol groups is 1. The molecule has 7 N–H and O–H groups in total. The van der Waals surface area contributed by atoms with Crippen LogP contribution in [0, 0.1) is 0 Å². The number of nitrogens with two attached hydrogens (primary N) is 2. The lowest BCUT2D eigenvalue weighted by Gasteiger charge is -2.27. The van der Waals surface area contributed by atoms with E-state index in [4.69, 9.17) is 11.5 Å². The van der Waals surface area contributed by atoms with E-state index in [0.29, 0.717) is 82.4 Å². The summed E-state index contributed by atoms with van der Waals surface area (Å²) in [5, 5.41) is 9.17. The van der Waals surface area contributed by atoms with Gasteiger partial charge in [0.05, 0.1) is 16.8 Å². The van der Waals surface area contributed by atoms with Crippen LogP contribution in [0.4, 0.5) is 0 Å². The number of fused-ring (bicyclic) bond motifs is 1. The fraction of sp³-hybridized carbons (Fsp3) is 0.552. The summed E-state index contributed by atoms with van der Waals surface area (Å²) in [6.45, 7) is 3.70. The van der Waals surface area contributed by atoms with Gasteiger partial charge in [-0.3, -0.25) is 24.2 Å². The summed E-state index contributed by atoms with van der Waals surface area (Å²) in [6.07, 6.45) is 4.12. The van der Waals surface area contributed by atoms with E-state index in [0.717, 1.165) is 10.9 Å². The Morgan fingerprint density at radius 1 is 1.05 bits per heavy atom. The predicted octanol–water partition coefficient (Wildman–Crippen LogP) is 0.895. The largest absolute Gasteiger partial charge is 0.354 e. The molecule has 1 fully saturated rings. The normalized spacial score (nSPS) is 16.3. The van der Waals surface area contributed by atoms with E-state index in [-0.39, 0.29) is 17.6 Å². The molecular weight excluding hydrogens is 542 g/mol. The summed E-state index contributed by atoms with van der Waals surface area (Å²) in [7, 11) is 0. The van der Waals surface area contributed by atoms with E-state index >= 15 is 0 Å². The number of carbonyl (C=O) groups is 4. The lowest BCUT2D eigenvalue weighted by atomic mass is 10.1. The molecule has 3 atom stereocenters. The second-order valence-corrected chi connectivity index (χ2v) is 10.6. The quantitative estimate of drug-likeness (QED) is 0.133. The van der Waals surface area contributed by atoms with Gasteiger partial charge in [-0.1, -0.05) is 25.1 Å². The molecule has 11 nitrogen and oxygen atoms in total. The van der Waals surface area contributed by atoms with Crippen LogP contribution in [0.25, 0.3) is 10.9 Å². The molecule has 224 valence electrons. The van der Waals surface area contributed by atoms with Crippen molar-refractivity contribution in [1.82, 2.24) is 25.8 Å². The number of nitrogens with zero attached hydrogens (tertiary/aromatic N) is 2. The third-order valence-electron chi connectivity index (χ3n) is 7.26. The van der Waals surface area contributed by atoms with Crippen molar-refractivity contribution in [2.45, 2.75) is 70.0 Å². The molecule has 0 spiro atoms. The van der Waals surface area contributed by atoms with Gasteiger partial charge >= 0.3 is 0 Å². The number of aryl methyl sites for hydroxylation is 1.